The fourth-order valence-corrected chi connectivity index (χ4v) is 6.70. The highest BCUT2D eigenvalue weighted by Gasteiger charge is 2.68. The second kappa shape index (κ2) is 7.89. The summed E-state index contributed by atoms with van der Waals surface area (Å²) in [4.78, 5) is 49.9. The van der Waals surface area contributed by atoms with E-state index < -0.39 is 5.41 Å². The SMILES string of the molecule is COc1cc2cc(C(=O)N3C[C@@H]4C[C@]45C3=CC(=O)c3[nH]c(C(=O)N4CCCC4)cc35)[nH]c2c(OC)c1OC. The van der Waals surface area contributed by atoms with Crippen molar-refractivity contribution in [2.24, 2.45) is 5.92 Å². The second-order valence-corrected chi connectivity index (χ2v) is 10.4. The standard InChI is InChI=1S/C28H28N4O6/c1-36-20-9-14-8-17(29-22(14)25(38-3)24(20)37-2)27(35)32-13-15-12-28(15)16-10-18(26(34)31-6-4-5-7-31)30-23(16)19(33)11-21(28)32/h8-11,15,29-30H,4-7,12-13H2,1-3H3/t15-,28-/m0/s1. The zero-order chi connectivity index (χ0) is 26.3. The van der Waals surface area contributed by atoms with Crippen molar-refractivity contribution in [3.8, 4) is 17.2 Å². The molecule has 1 aromatic carbocycles. The summed E-state index contributed by atoms with van der Waals surface area (Å²) in [5.74, 6) is 1.08. The van der Waals surface area contributed by atoms with Crippen LogP contribution in [-0.4, -0.2) is 78.3 Å². The fraction of sp³-hybridized carbons (Fsp3) is 0.393. The lowest BCUT2D eigenvalue weighted by atomic mass is 9.85. The van der Waals surface area contributed by atoms with Crippen molar-refractivity contribution in [1.29, 1.82) is 0 Å². The summed E-state index contributed by atoms with van der Waals surface area (Å²) in [6.07, 6.45) is 4.42. The number of ketones is 1. The Morgan fingerprint density at radius 1 is 0.947 bits per heavy atom. The summed E-state index contributed by atoms with van der Waals surface area (Å²) >= 11 is 0. The van der Waals surface area contributed by atoms with E-state index in [1.54, 1.807) is 30.2 Å². The first-order chi connectivity index (χ1) is 18.4. The molecule has 3 fully saturated rings. The van der Waals surface area contributed by atoms with Gasteiger partial charge in [-0.15, -0.1) is 0 Å². The third-order valence-corrected chi connectivity index (χ3v) is 8.59. The summed E-state index contributed by atoms with van der Waals surface area (Å²) in [7, 11) is 4.61. The van der Waals surface area contributed by atoms with Gasteiger partial charge in [-0.1, -0.05) is 0 Å². The highest BCUT2D eigenvalue weighted by Crippen LogP contribution is 2.66. The van der Waals surface area contributed by atoms with Gasteiger partial charge in [-0.3, -0.25) is 14.4 Å². The molecule has 38 heavy (non-hydrogen) atoms. The number of benzene rings is 1. The van der Waals surface area contributed by atoms with Gasteiger partial charge < -0.3 is 34.0 Å². The number of H-pyrrole nitrogens is 2. The van der Waals surface area contributed by atoms with E-state index in [0.29, 0.717) is 52.1 Å². The number of amides is 2. The van der Waals surface area contributed by atoms with Gasteiger partial charge in [0.15, 0.2) is 11.5 Å². The van der Waals surface area contributed by atoms with Gasteiger partial charge in [0.2, 0.25) is 11.5 Å². The highest BCUT2D eigenvalue weighted by atomic mass is 16.5. The number of carbonyl (C=O) groups is 3. The molecule has 2 N–H and O–H groups in total. The minimum absolute atomic E-state index is 0.0661. The van der Waals surface area contributed by atoms with E-state index in [9.17, 15) is 14.4 Å². The van der Waals surface area contributed by atoms with Crippen LogP contribution in [0.3, 0.4) is 0 Å². The first-order valence-electron chi connectivity index (χ1n) is 12.8. The average molecular weight is 517 g/mol. The van der Waals surface area contributed by atoms with Crippen LogP contribution >= 0.6 is 0 Å². The van der Waals surface area contributed by atoms with Crippen LogP contribution < -0.4 is 14.2 Å². The fourth-order valence-electron chi connectivity index (χ4n) is 6.70. The molecule has 196 valence electrons. The molecule has 2 atom stereocenters. The van der Waals surface area contributed by atoms with E-state index in [1.165, 1.54) is 14.2 Å². The summed E-state index contributed by atoms with van der Waals surface area (Å²) in [5.41, 5.74) is 3.08. The second-order valence-electron chi connectivity index (χ2n) is 10.4. The summed E-state index contributed by atoms with van der Waals surface area (Å²) in [6.45, 7) is 1.99. The van der Waals surface area contributed by atoms with Crippen molar-refractivity contribution in [2.45, 2.75) is 24.7 Å². The van der Waals surface area contributed by atoms with Crippen LogP contribution in [0.1, 0.15) is 56.3 Å². The molecule has 2 aromatic heterocycles. The minimum atomic E-state index is -0.408. The van der Waals surface area contributed by atoms with Crippen molar-refractivity contribution in [3.05, 3.63) is 52.6 Å². The predicted molar refractivity (Wildman–Crippen MR) is 137 cm³/mol. The predicted octanol–water partition coefficient (Wildman–Crippen LogP) is 3.25. The Balaban J connectivity index is 1.24. The van der Waals surface area contributed by atoms with Crippen molar-refractivity contribution in [2.75, 3.05) is 41.0 Å². The molecule has 10 nitrogen and oxygen atoms in total. The number of nitrogens with one attached hydrogen (secondary N) is 2. The van der Waals surface area contributed by atoms with Crippen LogP contribution in [0, 0.1) is 5.92 Å². The molecule has 1 saturated carbocycles. The third-order valence-electron chi connectivity index (χ3n) is 8.59. The largest absolute Gasteiger partial charge is 0.493 e. The number of carbonyl (C=O) groups excluding carboxylic acids is 3. The van der Waals surface area contributed by atoms with Crippen LogP contribution in [0.4, 0.5) is 0 Å². The Labute approximate surface area is 218 Å². The number of hydrogen-bond donors (Lipinski definition) is 2. The Kier molecular flexibility index (Phi) is 4.77. The number of aromatic nitrogens is 2. The summed E-state index contributed by atoms with van der Waals surface area (Å²) < 4.78 is 16.5. The maximum absolute atomic E-state index is 13.8. The number of fused-ring (bicyclic) bond motifs is 2. The molecule has 2 aliphatic heterocycles. The molecule has 1 spiro atoms. The number of aromatic amines is 2. The quantitative estimate of drug-likeness (QED) is 0.538. The topological polar surface area (TPSA) is 117 Å². The summed E-state index contributed by atoms with van der Waals surface area (Å²) in [5, 5.41) is 0.744. The van der Waals surface area contributed by atoms with Crippen molar-refractivity contribution in [1.82, 2.24) is 19.8 Å². The first kappa shape index (κ1) is 22.9. The number of piperidine rings is 1. The van der Waals surface area contributed by atoms with Gasteiger partial charge in [0.05, 0.1) is 32.5 Å². The van der Waals surface area contributed by atoms with E-state index in [2.05, 4.69) is 9.97 Å². The smallest absolute Gasteiger partial charge is 0.274 e. The van der Waals surface area contributed by atoms with Crippen molar-refractivity contribution >= 4 is 28.5 Å². The molecule has 2 aliphatic carbocycles. The van der Waals surface area contributed by atoms with E-state index in [0.717, 1.165) is 43.3 Å². The van der Waals surface area contributed by atoms with Gasteiger partial charge in [0.1, 0.15) is 11.4 Å². The van der Waals surface area contributed by atoms with Gasteiger partial charge in [-0.05, 0) is 48.9 Å². The number of hydrogen-bond acceptors (Lipinski definition) is 6. The number of likely N-dealkylation sites (tertiary alicyclic amines) is 2. The molecule has 0 radical (unpaired) electrons. The van der Waals surface area contributed by atoms with Gasteiger partial charge in [0, 0.05) is 42.2 Å². The lowest BCUT2D eigenvalue weighted by molar-refractivity contribution is 0.0785. The third kappa shape index (κ3) is 2.91. The maximum Gasteiger partial charge on any atom is 0.274 e. The van der Waals surface area contributed by atoms with Gasteiger partial charge >= 0.3 is 0 Å². The van der Waals surface area contributed by atoms with Crippen LogP contribution in [0.25, 0.3) is 10.9 Å². The monoisotopic (exact) mass is 516 g/mol. The van der Waals surface area contributed by atoms with Crippen LogP contribution in [-0.2, 0) is 5.41 Å². The van der Waals surface area contributed by atoms with E-state index >= 15 is 0 Å². The Morgan fingerprint density at radius 2 is 1.68 bits per heavy atom. The first-order valence-corrected chi connectivity index (χ1v) is 12.8. The number of rotatable bonds is 5. The van der Waals surface area contributed by atoms with Gasteiger partial charge in [0.25, 0.3) is 11.8 Å². The Morgan fingerprint density at radius 3 is 2.39 bits per heavy atom. The van der Waals surface area contributed by atoms with Crippen LogP contribution in [0.15, 0.2) is 30.0 Å². The molecule has 2 saturated heterocycles. The van der Waals surface area contributed by atoms with Crippen molar-refractivity contribution in [3.63, 3.8) is 0 Å². The van der Waals surface area contributed by atoms with Crippen LogP contribution in [0.5, 0.6) is 17.2 Å². The number of methoxy groups -OCH3 is 3. The molecule has 10 heteroatoms. The lowest BCUT2D eigenvalue weighted by Crippen LogP contribution is -2.33. The lowest BCUT2D eigenvalue weighted by Gasteiger charge is -2.27. The average Bonchev–Trinajstić information content (AvgIpc) is 3.49. The Bertz CT molecular complexity index is 1580. The van der Waals surface area contributed by atoms with Crippen LogP contribution in [0.2, 0.25) is 0 Å². The molecule has 4 heterocycles. The van der Waals surface area contributed by atoms with Crippen molar-refractivity contribution < 1.29 is 28.6 Å². The minimum Gasteiger partial charge on any atom is -0.493 e. The van der Waals surface area contributed by atoms with E-state index in [1.807, 2.05) is 11.0 Å². The number of allylic oxidation sites excluding steroid dienone is 2. The molecular formula is C28H28N4O6. The van der Waals surface area contributed by atoms with E-state index in [4.69, 9.17) is 14.2 Å². The molecule has 2 amide bonds. The molecular weight excluding hydrogens is 488 g/mol. The Hall–Kier alpha value is -4.21. The summed E-state index contributed by atoms with van der Waals surface area (Å²) in [6, 6.07) is 5.40. The normalized spacial score (nSPS) is 23.2. The highest BCUT2D eigenvalue weighted by molar-refractivity contribution is 6.10. The maximum atomic E-state index is 13.8. The molecule has 7 rings (SSSR count). The zero-order valence-corrected chi connectivity index (χ0v) is 21.5. The number of ether oxygens (including phenoxy) is 3. The van der Waals surface area contributed by atoms with Gasteiger partial charge in [-0.2, -0.15) is 0 Å². The molecule has 3 aromatic rings. The molecule has 4 aliphatic rings. The van der Waals surface area contributed by atoms with Gasteiger partial charge in [-0.25, -0.2) is 0 Å². The molecule has 0 bridgehead atoms. The molecule has 0 unspecified atom stereocenters. The number of nitrogens with zero attached hydrogens (tertiary/aromatic N) is 2. The zero-order valence-electron chi connectivity index (χ0n) is 21.5. The van der Waals surface area contributed by atoms with E-state index in [-0.39, 0.29) is 23.5 Å².